The molecule has 1 amide bonds. The SMILES string of the molecule is O=C(c1ccnnc1)N1CCO[C@H]2[C@H](OCC3CCOCC3)CC[C@@H]21. The molecule has 1 aliphatic carbocycles. The van der Waals surface area contributed by atoms with Crippen molar-refractivity contribution in [3.8, 4) is 0 Å². The highest BCUT2D eigenvalue weighted by Gasteiger charge is 2.45. The van der Waals surface area contributed by atoms with Gasteiger partial charge in [-0.1, -0.05) is 0 Å². The lowest BCUT2D eigenvalue weighted by atomic mass is 10.0. The number of rotatable bonds is 4. The number of hydrogen-bond donors (Lipinski definition) is 0. The first kappa shape index (κ1) is 16.9. The summed E-state index contributed by atoms with van der Waals surface area (Å²) < 4.78 is 17.6. The van der Waals surface area contributed by atoms with Crippen molar-refractivity contribution in [3.63, 3.8) is 0 Å². The molecule has 7 nitrogen and oxygen atoms in total. The van der Waals surface area contributed by atoms with E-state index in [0.717, 1.165) is 45.5 Å². The van der Waals surface area contributed by atoms with Gasteiger partial charge in [0.05, 0.1) is 43.3 Å². The number of carbonyl (C=O) groups excluding carboxylic acids is 1. The van der Waals surface area contributed by atoms with Crippen LogP contribution in [0.1, 0.15) is 36.0 Å². The number of nitrogens with zero attached hydrogens (tertiary/aromatic N) is 3. The Labute approximate surface area is 147 Å². The van der Waals surface area contributed by atoms with Crippen molar-refractivity contribution in [1.82, 2.24) is 15.1 Å². The molecule has 3 fully saturated rings. The van der Waals surface area contributed by atoms with E-state index < -0.39 is 0 Å². The van der Waals surface area contributed by atoms with Gasteiger partial charge in [0.15, 0.2) is 0 Å². The summed E-state index contributed by atoms with van der Waals surface area (Å²) in [6.07, 6.45) is 7.15. The van der Waals surface area contributed by atoms with E-state index in [2.05, 4.69) is 10.2 Å². The van der Waals surface area contributed by atoms with Gasteiger partial charge in [0.1, 0.15) is 6.10 Å². The second-order valence-corrected chi connectivity index (χ2v) is 7.04. The lowest BCUT2D eigenvalue weighted by Gasteiger charge is -2.39. The zero-order chi connectivity index (χ0) is 17.1. The molecule has 1 aromatic rings. The Morgan fingerprint density at radius 3 is 2.88 bits per heavy atom. The molecule has 0 bridgehead atoms. The molecule has 0 unspecified atom stereocenters. The Balaban J connectivity index is 1.37. The third-order valence-electron chi connectivity index (χ3n) is 5.51. The van der Waals surface area contributed by atoms with Gasteiger partial charge in [-0.15, -0.1) is 0 Å². The predicted octanol–water partition coefficient (Wildman–Crippen LogP) is 1.29. The average Bonchev–Trinajstić information content (AvgIpc) is 3.10. The summed E-state index contributed by atoms with van der Waals surface area (Å²) in [6, 6.07) is 1.81. The number of carbonyl (C=O) groups is 1. The van der Waals surface area contributed by atoms with Gasteiger partial charge in [-0.05, 0) is 37.7 Å². The van der Waals surface area contributed by atoms with E-state index in [0.29, 0.717) is 24.6 Å². The minimum atomic E-state index is -0.0210. The Morgan fingerprint density at radius 2 is 2.08 bits per heavy atom. The maximum absolute atomic E-state index is 12.8. The smallest absolute Gasteiger partial charge is 0.255 e. The Hall–Kier alpha value is -1.57. The maximum Gasteiger partial charge on any atom is 0.255 e. The number of fused-ring (bicyclic) bond motifs is 1. The van der Waals surface area contributed by atoms with E-state index in [1.807, 2.05) is 4.90 Å². The molecule has 3 aliphatic rings. The summed E-state index contributed by atoms with van der Waals surface area (Å²) in [5.41, 5.74) is 0.585. The molecular weight excluding hydrogens is 322 g/mol. The largest absolute Gasteiger partial charge is 0.381 e. The Kier molecular flexibility index (Phi) is 5.24. The first-order valence-corrected chi connectivity index (χ1v) is 9.21. The first-order chi connectivity index (χ1) is 12.3. The molecule has 2 saturated heterocycles. The van der Waals surface area contributed by atoms with Gasteiger partial charge < -0.3 is 19.1 Å². The van der Waals surface area contributed by atoms with Crippen molar-refractivity contribution in [2.75, 3.05) is 33.0 Å². The van der Waals surface area contributed by atoms with Crippen molar-refractivity contribution in [2.45, 2.75) is 43.9 Å². The van der Waals surface area contributed by atoms with Gasteiger partial charge >= 0.3 is 0 Å². The summed E-state index contributed by atoms with van der Waals surface area (Å²) in [7, 11) is 0. The molecule has 4 rings (SSSR count). The van der Waals surface area contributed by atoms with Crippen LogP contribution >= 0.6 is 0 Å². The fourth-order valence-corrected chi connectivity index (χ4v) is 4.10. The third kappa shape index (κ3) is 3.68. The maximum atomic E-state index is 12.8. The van der Waals surface area contributed by atoms with Crippen LogP contribution in [0.3, 0.4) is 0 Å². The molecule has 0 radical (unpaired) electrons. The van der Waals surface area contributed by atoms with E-state index >= 15 is 0 Å². The van der Waals surface area contributed by atoms with Crippen LogP contribution < -0.4 is 0 Å². The lowest BCUT2D eigenvalue weighted by molar-refractivity contribution is -0.113. The highest BCUT2D eigenvalue weighted by Crippen LogP contribution is 2.33. The van der Waals surface area contributed by atoms with E-state index in [9.17, 15) is 4.79 Å². The summed E-state index contributed by atoms with van der Waals surface area (Å²) in [5.74, 6) is 0.593. The van der Waals surface area contributed by atoms with Gasteiger partial charge in [0, 0.05) is 19.8 Å². The molecule has 0 aromatic carbocycles. The molecule has 0 spiro atoms. The van der Waals surface area contributed by atoms with Crippen molar-refractivity contribution in [3.05, 3.63) is 24.0 Å². The average molecular weight is 347 g/mol. The van der Waals surface area contributed by atoms with E-state index in [4.69, 9.17) is 14.2 Å². The van der Waals surface area contributed by atoms with Crippen molar-refractivity contribution in [2.24, 2.45) is 5.92 Å². The van der Waals surface area contributed by atoms with Gasteiger partial charge in [-0.25, -0.2) is 0 Å². The standard InChI is InChI=1S/C18H25N3O4/c22-18(14-3-6-19-20-11-14)21-7-10-24-17-15(21)1-2-16(17)25-12-13-4-8-23-9-5-13/h3,6,11,13,15-17H,1-2,4-5,7-10,12H2/t15-,16+,17+/m0/s1. The monoisotopic (exact) mass is 347 g/mol. The number of aromatic nitrogens is 2. The van der Waals surface area contributed by atoms with E-state index in [1.165, 1.54) is 6.20 Å². The summed E-state index contributed by atoms with van der Waals surface area (Å²) >= 11 is 0. The Bertz CT molecular complexity index is 579. The van der Waals surface area contributed by atoms with Crippen LogP contribution in [0.25, 0.3) is 0 Å². The molecule has 3 heterocycles. The highest BCUT2D eigenvalue weighted by atomic mass is 16.5. The number of amides is 1. The summed E-state index contributed by atoms with van der Waals surface area (Å²) in [4.78, 5) is 14.7. The normalized spacial score (nSPS) is 30.2. The second-order valence-electron chi connectivity index (χ2n) is 7.04. The molecule has 7 heteroatoms. The van der Waals surface area contributed by atoms with Crippen molar-refractivity contribution in [1.29, 1.82) is 0 Å². The van der Waals surface area contributed by atoms with Gasteiger partial charge in [0.2, 0.25) is 0 Å². The molecular formula is C18H25N3O4. The first-order valence-electron chi connectivity index (χ1n) is 9.21. The molecule has 1 saturated carbocycles. The fourth-order valence-electron chi connectivity index (χ4n) is 4.10. The van der Waals surface area contributed by atoms with Crippen LogP contribution in [0.5, 0.6) is 0 Å². The molecule has 0 N–H and O–H groups in total. The van der Waals surface area contributed by atoms with Crippen LogP contribution in [0.2, 0.25) is 0 Å². The van der Waals surface area contributed by atoms with Gasteiger partial charge in [0.25, 0.3) is 5.91 Å². The second kappa shape index (κ2) is 7.76. The highest BCUT2D eigenvalue weighted by molar-refractivity contribution is 5.94. The van der Waals surface area contributed by atoms with Gasteiger partial charge in [-0.3, -0.25) is 4.79 Å². The lowest BCUT2D eigenvalue weighted by Crippen LogP contribution is -2.54. The van der Waals surface area contributed by atoms with E-state index in [1.54, 1.807) is 12.3 Å². The number of hydrogen-bond acceptors (Lipinski definition) is 6. The van der Waals surface area contributed by atoms with Crippen molar-refractivity contribution < 1.29 is 19.0 Å². The quantitative estimate of drug-likeness (QED) is 0.817. The van der Waals surface area contributed by atoms with Crippen LogP contribution in [0.15, 0.2) is 18.5 Å². The van der Waals surface area contributed by atoms with Crippen LogP contribution in [-0.2, 0) is 14.2 Å². The Morgan fingerprint density at radius 1 is 1.20 bits per heavy atom. The fraction of sp³-hybridized carbons (Fsp3) is 0.722. The topological polar surface area (TPSA) is 73.8 Å². The van der Waals surface area contributed by atoms with Crippen LogP contribution in [0, 0.1) is 5.92 Å². The minimum Gasteiger partial charge on any atom is -0.381 e. The number of ether oxygens (including phenoxy) is 3. The minimum absolute atomic E-state index is 0.0123. The number of morpholine rings is 1. The molecule has 2 aliphatic heterocycles. The molecule has 25 heavy (non-hydrogen) atoms. The molecule has 1 aromatic heterocycles. The van der Waals surface area contributed by atoms with Gasteiger partial charge in [-0.2, -0.15) is 10.2 Å². The van der Waals surface area contributed by atoms with E-state index in [-0.39, 0.29) is 24.2 Å². The van der Waals surface area contributed by atoms with Crippen LogP contribution in [-0.4, -0.2) is 72.2 Å². The summed E-state index contributed by atoms with van der Waals surface area (Å²) in [5, 5.41) is 7.56. The van der Waals surface area contributed by atoms with Crippen LogP contribution in [0.4, 0.5) is 0 Å². The molecule has 3 atom stereocenters. The van der Waals surface area contributed by atoms with Crippen molar-refractivity contribution >= 4 is 5.91 Å². The zero-order valence-corrected chi connectivity index (χ0v) is 14.4. The predicted molar refractivity (Wildman–Crippen MR) is 89.1 cm³/mol. The molecule has 136 valence electrons. The summed E-state index contributed by atoms with van der Waals surface area (Å²) in [6.45, 7) is 3.62. The third-order valence-corrected chi connectivity index (χ3v) is 5.51. The zero-order valence-electron chi connectivity index (χ0n) is 14.4.